The number of hydrogen-bond donors (Lipinski definition) is 1. The third-order valence-electron chi connectivity index (χ3n) is 2.93. The van der Waals surface area contributed by atoms with E-state index >= 15 is 0 Å². The molecule has 17 heavy (non-hydrogen) atoms. The standard InChI is InChI=1S/C13H13N3S/c14-9-4-6-10(7-5-9)17-13-11-2-1-3-12(11)15-8-16-13/h4-8H,1-3,14H2. The van der Waals surface area contributed by atoms with Gasteiger partial charge in [0.05, 0.1) is 0 Å². The number of nitrogens with zero attached hydrogens (tertiary/aromatic N) is 2. The van der Waals surface area contributed by atoms with Crippen molar-refractivity contribution in [2.24, 2.45) is 0 Å². The van der Waals surface area contributed by atoms with Crippen molar-refractivity contribution in [3.05, 3.63) is 41.9 Å². The van der Waals surface area contributed by atoms with E-state index in [2.05, 4.69) is 9.97 Å². The Balaban J connectivity index is 1.91. The highest BCUT2D eigenvalue weighted by molar-refractivity contribution is 7.99. The first-order chi connectivity index (χ1) is 8.33. The van der Waals surface area contributed by atoms with Crippen LogP contribution < -0.4 is 5.73 Å². The summed E-state index contributed by atoms with van der Waals surface area (Å²) in [5, 5.41) is 1.09. The Labute approximate surface area is 104 Å². The number of nitrogens with two attached hydrogens (primary N) is 1. The quantitative estimate of drug-likeness (QED) is 0.651. The molecule has 3 rings (SSSR count). The molecule has 0 saturated heterocycles. The van der Waals surface area contributed by atoms with Gasteiger partial charge in [0.15, 0.2) is 0 Å². The zero-order chi connectivity index (χ0) is 11.7. The molecule has 0 aliphatic heterocycles. The van der Waals surface area contributed by atoms with Crippen molar-refractivity contribution >= 4 is 17.4 Å². The summed E-state index contributed by atoms with van der Waals surface area (Å²) in [6, 6.07) is 7.90. The molecular weight excluding hydrogens is 230 g/mol. The first kappa shape index (κ1) is 10.6. The van der Waals surface area contributed by atoms with Gasteiger partial charge in [0, 0.05) is 21.8 Å². The largest absolute Gasteiger partial charge is 0.399 e. The molecule has 0 radical (unpaired) electrons. The van der Waals surface area contributed by atoms with E-state index in [0.717, 1.165) is 23.6 Å². The van der Waals surface area contributed by atoms with Gasteiger partial charge in [0.2, 0.25) is 0 Å². The average Bonchev–Trinajstić information content (AvgIpc) is 2.81. The number of aromatic nitrogens is 2. The summed E-state index contributed by atoms with van der Waals surface area (Å²) < 4.78 is 0. The van der Waals surface area contributed by atoms with Crippen LogP contribution in [0, 0.1) is 0 Å². The minimum absolute atomic E-state index is 0.794. The van der Waals surface area contributed by atoms with Gasteiger partial charge in [0.1, 0.15) is 11.4 Å². The fourth-order valence-electron chi connectivity index (χ4n) is 2.06. The Morgan fingerprint density at radius 2 is 1.88 bits per heavy atom. The van der Waals surface area contributed by atoms with Crippen LogP contribution >= 0.6 is 11.8 Å². The second-order valence-electron chi connectivity index (χ2n) is 4.13. The van der Waals surface area contributed by atoms with E-state index in [9.17, 15) is 0 Å². The number of benzene rings is 1. The molecule has 1 aromatic carbocycles. The Morgan fingerprint density at radius 3 is 2.71 bits per heavy atom. The van der Waals surface area contributed by atoms with E-state index in [1.165, 1.54) is 22.6 Å². The van der Waals surface area contributed by atoms with Crippen LogP contribution in [0.3, 0.4) is 0 Å². The van der Waals surface area contributed by atoms with Gasteiger partial charge in [-0.05, 0) is 43.5 Å². The average molecular weight is 243 g/mol. The maximum atomic E-state index is 5.68. The zero-order valence-electron chi connectivity index (χ0n) is 9.39. The minimum Gasteiger partial charge on any atom is -0.399 e. The number of anilines is 1. The SMILES string of the molecule is Nc1ccc(Sc2ncnc3c2CCC3)cc1. The van der Waals surface area contributed by atoms with E-state index in [1.54, 1.807) is 18.1 Å². The van der Waals surface area contributed by atoms with Gasteiger partial charge < -0.3 is 5.73 Å². The van der Waals surface area contributed by atoms with Crippen molar-refractivity contribution in [3.8, 4) is 0 Å². The predicted octanol–water partition coefficient (Wildman–Crippen LogP) is 2.70. The van der Waals surface area contributed by atoms with Gasteiger partial charge in [-0.2, -0.15) is 0 Å². The van der Waals surface area contributed by atoms with Gasteiger partial charge in [-0.25, -0.2) is 9.97 Å². The van der Waals surface area contributed by atoms with Gasteiger partial charge in [-0.1, -0.05) is 11.8 Å². The van der Waals surface area contributed by atoms with Crippen molar-refractivity contribution in [3.63, 3.8) is 0 Å². The van der Waals surface area contributed by atoms with Crippen LogP contribution in [0.2, 0.25) is 0 Å². The predicted molar refractivity (Wildman–Crippen MR) is 69.0 cm³/mol. The fourth-order valence-corrected chi connectivity index (χ4v) is 3.00. The molecule has 0 atom stereocenters. The van der Waals surface area contributed by atoms with E-state index in [1.807, 2.05) is 24.3 Å². The van der Waals surface area contributed by atoms with Crippen molar-refractivity contribution in [1.82, 2.24) is 9.97 Å². The molecule has 1 aromatic heterocycles. The summed E-state index contributed by atoms with van der Waals surface area (Å²) in [6.07, 6.45) is 5.06. The maximum Gasteiger partial charge on any atom is 0.117 e. The van der Waals surface area contributed by atoms with Crippen molar-refractivity contribution in [2.75, 3.05) is 5.73 Å². The van der Waals surface area contributed by atoms with Gasteiger partial charge in [-0.3, -0.25) is 0 Å². The third-order valence-corrected chi connectivity index (χ3v) is 3.98. The lowest BCUT2D eigenvalue weighted by Crippen LogP contribution is -1.93. The van der Waals surface area contributed by atoms with Crippen LogP contribution in [-0.4, -0.2) is 9.97 Å². The fraction of sp³-hybridized carbons (Fsp3) is 0.231. The van der Waals surface area contributed by atoms with E-state index in [4.69, 9.17) is 5.73 Å². The molecule has 3 nitrogen and oxygen atoms in total. The second kappa shape index (κ2) is 4.37. The molecule has 1 aliphatic rings. The normalized spacial score (nSPS) is 13.6. The highest BCUT2D eigenvalue weighted by Crippen LogP contribution is 2.33. The molecule has 0 saturated carbocycles. The lowest BCUT2D eigenvalue weighted by Gasteiger charge is -2.06. The smallest absolute Gasteiger partial charge is 0.117 e. The van der Waals surface area contributed by atoms with E-state index < -0.39 is 0 Å². The highest BCUT2D eigenvalue weighted by Gasteiger charge is 2.17. The summed E-state index contributed by atoms with van der Waals surface area (Å²) in [7, 11) is 0. The summed E-state index contributed by atoms with van der Waals surface area (Å²) in [6.45, 7) is 0. The second-order valence-corrected chi connectivity index (χ2v) is 5.19. The lowest BCUT2D eigenvalue weighted by atomic mass is 10.3. The number of nitrogen functional groups attached to an aromatic ring is 1. The van der Waals surface area contributed by atoms with Crippen molar-refractivity contribution in [1.29, 1.82) is 0 Å². The molecule has 2 N–H and O–H groups in total. The molecule has 0 bridgehead atoms. The summed E-state index contributed by atoms with van der Waals surface area (Å²) in [5.74, 6) is 0. The molecule has 1 aliphatic carbocycles. The third kappa shape index (κ3) is 2.13. The molecule has 0 amide bonds. The molecule has 86 valence electrons. The Bertz CT molecular complexity index is 537. The summed E-state index contributed by atoms with van der Waals surface area (Å²) in [4.78, 5) is 9.89. The van der Waals surface area contributed by atoms with Crippen LogP contribution in [0.25, 0.3) is 0 Å². The van der Waals surface area contributed by atoms with E-state index in [-0.39, 0.29) is 0 Å². The number of fused-ring (bicyclic) bond motifs is 1. The van der Waals surface area contributed by atoms with Gasteiger partial charge >= 0.3 is 0 Å². The number of aryl methyl sites for hydroxylation is 1. The Hall–Kier alpha value is -1.55. The van der Waals surface area contributed by atoms with Crippen LogP contribution in [0.1, 0.15) is 17.7 Å². The molecule has 0 unspecified atom stereocenters. The molecular formula is C13H13N3S. The molecule has 0 spiro atoms. The summed E-state index contributed by atoms with van der Waals surface area (Å²) >= 11 is 1.69. The van der Waals surface area contributed by atoms with Crippen LogP contribution in [0.15, 0.2) is 40.5 Å². The number of rotatable bonds is 2. The summed E-state index contributed by atoms with van der Waals surface area (Å²) in [5.41, 5.74) is 9.02. The topological polar surface area (TPSA) is 51.8 Å². The Kier molecular flexibility index (Phi) is 2.73. The van der Waals surface area contributed by atoms with Crippen LogP contribution in [-0.2, 0) is 12.8 Å². The molecule has 1 heterocycles. The lowest BCUT2D eigenvalue weighted by molar-refractivity contribution is 0.896. The first-order valence-electron chi connectivity index (χ1n) is 5.69. The maximum absolute atomic E-state index is 5.68. The van der Waals surface area contributed by atoms with Gasteiger partial charge in [-0.15, -0.1) is 0 Å². The zero-order valence-corrected chi connectivity index (χ0v) is 10.2. The van der Waals surface area contributed by atoms with E-state index in [0.29, 0.717) is 0 Å². The van der Waals surface area contributed by atoms with Crippen molar-refractivity contribution in [2.45, 2.75) is 29.2 Å². The highest BCUT2D eigenvalue weighted by atomic mass is 32.2. The molecule has 0 fully saturated rings. The van der Waals surface area contributed by atoms with Crippen molar-refractivity contribution < 1.29 is 0 Å². The number of hydrogen-bond acceptors (Lipinski definition) is 4. The Morgan fingerprint density at radius 1 is 1.06 bits per heavy atom. The van der Waals surface area contributed by atoms with Crippen LogP contribution in [0.5, 0.6) is 0 Å². The minimum atomic E-state index is 0.794. The molecule has 4 heteroatoms. The van der Waals surface area contributed by atoms with Crippen LogP contribution in [0.4, 0.5) is 5.69 Å². The molecule has 2 aromatic rings. The first-order valence-corrected chi connectivity index (χ1v) is 6.51. The monoisotopic (exact) mass is 243 g/mol. The van der Waals surface area contributed by atoms with Gasteiger partial charge in [0.25, 0.3) is 0 Å².